The van der Waals surface area contributed by atoms with Gasteiger partial charge in [-0.05, 0) is 67.4 Å². The van der Waals surface area contributed by atoms with Gasteiger partial charge in [0.1, 0.15) is 11.6 Å². The number of hydrogen-bond donors (Lipinski definition) is 1. The van der Waals surface area contributed by atoms with Crippen LogP contribution in [0.15, 0.2) is 42.5 Å². The van der Waals surface area contributed by atoms with E-state index >= 15 is 0 Å². The normalized spacial score (nSPS) is 14.8. The Labute approximate surface area is 127 Å². The fraction of sp³-hybridized carbons (Fsp3) is 0.222. The first-order chi connectivity index (χ1) is 10.7. The molecule has 0 fully saturated rings. The zero-order valence-corrected chi connectivity index (χ0v) is 12.1. The molecule has 4 rings (SSSR count). The maximum Gasteiger partial charge on any atom is 0.123 e. The third kappa shape index (κ3) is 2.11. The van der Waals surface area contributed by atoms with E-state index in [-0.39, 0.29) is 11.6 Å². The van der Waals surface area contributed by atoms with Crippen molar-refractivity contribution in [1.82, 2.24) is 9.88 Å². The van der Waals surface area contributed by atoms with Crippen molar-refractivity contribution in [2.45, 2.75) is 19.4 Å². The smallest absolute Gasteiger partial charge is 0.123 e. The molecule has 0 unspecified atom stereocenters. The van der Waals surface area contributed by atoms with Crippen LogP contribution in [0.25, 0.3) is 16.6 Å². The van der Waals surface area contributed by atoms with Gasteiger partial charge in [-0.1, -0.05) is 0 Å². The van der Waals surface area contributed by atoms with Gasteiger partial charge in [-0.2, -0.15) is 0 Å². The third-order valence-corrected chi connectivity index (χ3v) is 4.30. The van der Waals surface area contributed by atoms with E-state index in [1.165, 1.54) is 23.9 Å². The van der Waals surface area contributed by atoms with E-state index < -0.39 is 0 Å². The Balaban J connectivity index is 2.04. The Morgan fingerprint density at radius 3 is 2.55 bits per heavy atom. The third-order valence-electron chi connectivity index (χ3n) is 4.30. The Morgan fingerprint density at radius 1 is 0.955 bits per heavy atom. The topological polar surface area (TPSA) is 17.0 Å². The quantitative estimate of drug-likeness (QED) is 0.720. The second-order valence-electron chi connectivity index (χ2n) is 5.68. The summed E-state index contributed by atoms with van der Waals surface area (Å²) < 4.78 is 29.1. The lowest BCUT2D eigenvalue weighted by molar-refractivity contribution is 0.627. The molecule has 22 heavy (non-hydrogen) atoms. The molecule has 0 spiro atoms. The van der Waals surface area contributed by atoms with Crippen LogP contribution in [0, 0.1) is 11.6 Å². The van der Waals surface area contributed by atoms with E-state index in [0.717, 1.165) is 48.1 Å². The second kappa shape index (κ2) is 5.21. The first-order valence-corrected chi connectivity index (χ1v) is 7.52. The summed E-state index contributed by atoms with van der Waals surface area (Å²) in [6.45, 7) is 1.69. The van der Waals surface area contributed by atoms with Gasteiger partial charge < -0.3 is 9.88 Å². The number of fused-ring (bicyclic) bond motifs is 3. The van der Waals surface area contributed by atoms with Gasteiger partial charge in [0.2, 0.25) is 0 Å². The highest BCUT2D eigenvalue weighted by Crippen LogP contribution is 2.32. The average Bonchev–Trinajstić information content (AvgIpc) is 2.68. The molecule has 2 nitrogen and oxygen atoms in total. The molecule has 1 aliphatic rings. The highest BCUT2D eigenvalue weighted by atomic mass is 19.1. The van der Waals surface area contributed by atoms with Crippen LogP contribution in [0.5, 0.6) is 0 Å². The fourth-order valence-corrected chi connectivity index (χ4v) is 3.32. The molecule has 0 saturated carbocycles. The SMILES string of the molecule is Fc1ccc(-n2c3c(c4cc(F)ccc42)CNCCC3)cc1. The van der Waals surface area contributed by atoms with Crippen molar-refractivity contribution in [2.75, 3.05) is 6.54 Å². The molecule has 1 aliphatic heterocycles. The minimum absolute atomic E-state index is 0.226. The van der Waals surface area contributed by atoms with Gasteiger partial charge in [0, 0.05) is 23.3 Å². The van der Waals surface area contributed by atoms with Crippen LogP contribution in [0.4, 0.5) is 8.78 Å². The first-order valence-electron chi connectivity index (χ1n) is 7.52. The number of nitrogens with zero attached hydrogens (tertiary/aromatic N) is 1. The summed E-state index contributed by atoms with van der Waals surface area (Å²) in [5, 5.41) is 4.33. The molecular weight excluding hydrogens is 282 g/mol. The van der Waals surface area contributed by atoms with Crippen molar-refractivity contribution in [2.24, 2.45) is 0 Å². The summed E-state index contributed by atoms with van der Waals surface area (Å²) in [6, 6.07) is 11.4. The summed E-state index contributed by atoms with van der Waals surface area (Å²) in [5.41, 5.74) is 4.23. The van der Waals surface area contributed by atoms with Crippen LogP contribution in [0.3, 0.4) is 0 Å². The van der Waals surface area contributed by atoms with Crippen LogP contribution >= 0.6 is 0 Å². The van der Waals surface area contributed by atoms with Crippen molar-refractivity contribution < 1.29 is 8.78 Å². The minimum atomic E-state index is -0.251. The highest BCUT2D eigenvalue weighted by molar-refractivity contribution is 5.87. The summed E-state index contributed by atoms with van der Waals surface area (Å²) >= 11 is 0. The largest absolute Gasteiger partial charge is 0.313 e. The standard InChI is InChI=1S/C18H16F2N2/c19-12-3-6-14(7-4-12)22-17-2-1-9-21-11-16(17)15-10-13(20)5-8-18(15)22/h3-8,10,21H,1-2,9,11H2. The number of rotatable bonds is 1. The average molecular weight is 298 g/mol. The van der Waals surface area contributed by atoms with Crippen molar-refractivity contribution >= 4 is 10.9 Å². The second-order valence-corrected chi connectivity index (χ2v) is 5.68. The van der Waals surface area contributed by atoms with Crippen molar-refractivity contribution in [1.29, 1.82) is 0 Å². The van der Waals surface area contributed by atoms with Gasteiger partial charge in [-0.3, -0.25) is 0 Å². The van der Waals surface area contributed by atoms with Gasteiger partial charge in [0.25, 0.3) is 0 Å². The zero-order valence-electron chi connectivity index (χ0n) is 12.1. The molecule has 0 amide bonds. The molecule has 1 aromatic heterocycles. The van der Waals surface area contributed by atoms with Gasteiger partial charge in [-0.15, -0.1) is 0 Å². The molecule has 3 aromatic rings. The predicted molar refractivity (Wildman–Crippen MR) is 83.2 cm³/mol. The van der Waals surface area contributed by atoms with Crippen molar-refractivity contribution in [3.8, 4) is 5.69 Å². The van der Waals surface area contributed by atoms with Crippen LogP contribution < -0.4 is 5.32 Å². The van der Waals surface area contributed by atoms with E-state index in [0.29, 0.717) is 0 Å². The summed E-state index contributed by atoms with van der Waals surface area (Å²) in [7, 11) is 0. The number of hydrogen-bond acceptors (Lipinski definition) is 1. The van der Waals surface area contributed by atoms with E-state index in [1.54, 1.807) is 18.2 Å². The number of benzene rings is 2. The van der Waals surface area contributed by atoms with Crippen molar-refractivity contribution in [3.05, 3.63) is 65.4 Å². The van der Waals surface area contributed by atoms with Crippen LogP contribution in [0.2, 0.25) is 0 Å². The minimum Gasteiger partial charge on any atom is -0.313 e. The van der Waals surface area contributed by atoms with Crippen LogP contribution in [-0.2, 0) is 13.0 Å². The zero-order chi connectivity index (χ0) is 15.1. The summed E-state index contributed by atoms with van der Waals surface area (Å²) in [5.74, 6) is -0.477. The molecule has 0 atom stereocenters. The van der Waals surface area contributed by atoms with Gasteiger partial charge >= 0.3 is 0 Å². The van der Waals surface area contributed by atoms with E-state index in [2.05, 4.69) is 9.88 Å². The maximum absolute atomic E-state index is 13.7. The molecule has 0 bridgehead atoms. The van der Waals surface area contributed by atoms with E-state index in [1.807, 2.05) is 6.07 Å². The number of halogens is 2. The predicted octanol–water partition coefficient (Wildman–Crippen LogP) is 3.94. The van der Waals surface area contributed by atoms with E-state index in [4.69, 9.17) is 0 Å². The Bertz CT molecular complexity index is 834. The Morgan fingerprint density at radius 2 is 1.73 bits per heavy atom. The lowest BCUT2D eigenvalue weighted by Gasteiger charge is -2.11. The monoisotopic (exact) mass is 298 g/mol. The Kier molecular flexibility index (Phi) is 3.19. The molecule has 112 valence electrons. The molecule has 2 aromatic carbocycles. The first kappa shape index (κ1) is 13.5. The molecule has 2 heterocycles. The van der Waals surface area contributed by atoms with Crippen LogP contribution in [-0.4, -0.2) is 11.1 Å². The van der Waals surface area contributed by atoms with Gasteiger partial charge in [0.05, 0.1) is 5.52 Å². The number of nitrogens with one attached hydrogen (secondary N) is 1. The highest BCUT2D eigenvalue weighted by Gasteiger charge is 2.20. The lowest BCUT2D eigenvalue weighted by atomic mass is 10.1. The van der Waals surface area contributed by atoms with E-state index in [9.17, 15) is 8.78 Å². The molecule has 0 radical (unpaired) electrons. The Hall–Kier alpha value is -2.20. The number of aromatic nitrogens is 1. The van der Waals surface area contributed by atoms with Crippen molar-refractivity contribution in [3.63, 3.8) is 0 Å². The summed E-state index contributed by atoms with van der Waals surface area (Å²) in [6.07, 6.45) is 1.96. The molecular formula is C18H16F2N2. The molecule has 4 heteroatoms. The summed E-state index contributed by atoms with van der Waals surface area (Å²) in [4.78, 5) is 0. The lowest BCUT2D eigenvalue weighted by Crippen LogP contribution is -2.11. The van der Waals surface area contributed by atoms with Gasteiger partial charge in [0.15, 0.2) is 0 Å². The maximum atomic E-state index is 13.7. The molecule has 0 aliphatic carbocycles. The molecule has 0 saturated heterocycles. The van der Waals surface area contributed by atoms with Crippen LogP contribution in [0.1, 0.15) is 17.7 Å². The fourth-order valence-electron chi connectivity index (χ4n) is 3.32. The van der Waals surface area contributed by atoms with Gasteiger partial charge in [-0.25, -0.2) is 8.78 Å². The molecule has 1 N–H and O–H groups in total.